The van der Waals surface area contributed by atoms with Gasteiger partial charge in [-0.3, -0.25) is 4.18 Å². The minimum atomic E-state index is -3.33. The zero-order valence-corrected chi connectivity index (χ0v) is 16.3. The van der Waals surface area contributed by atoms with Crippen LogP contribution in [0.25, 0.3) is 0 Å². The van der Waals surface area contributed by atoms with E-state index in [9.17, 15) is 8.42 Å². The maximum atomic E-state index is 10.5. The first-order chi connectivity index (χ1) is 8.77. The van der Waals surface area contributed by atoms with Gasteiger partial charge in [-0.2, -0.15) is 8.42 Å². The van der Waals surface area contributed by atoms with Crippen LogP contribution in [0.1, 0.15) is 0 Å². The van der Waals surface area contributed by atoms with Crippen LogP contribution in [-0.4, -0.2) is 49.1 Å². The average molecular weight is 335 g/mol. The molecule has 0 atom stereocenters. The second-order valence-electron chi connectivity index (χ2n) is 6.23. The van der Waals surface area contributed by atoms with Gasteiger partial charge in [-0.1, -0.05) is 51.1 Å². The van der Waals surface area contributed by atoms with Gasteiger partial charge in [0.2, 0.25) is 0 Å². The Hall–Kier alpha value is -0.576. The second kappa shape index (κ2) is 9.38. The van der Waals surface area contributed by atoms with Gasteiger partial charge in [-0.15, -0.1) is 11.1 Å². The Labute approximate surface area is 126 Å². The molecule has 0 aromatic rings. The van der Waals surface area contributed by atoms with Crippen LogP contribution in [0.4, 0.5) is 0 Å². The van der Waals surface area contributed by atoms with Crippen molar-refractivity contribution in [2.45, 2.75) is 39.3 Å². The first kappa shape index (κ1) is 21.7. The highest BCUT2D eigenvalue weighted by Crippen LogP contribution is 1.96. The Balaban J connectivity index is 0. The van der Waals surface area contributed by atoms with Crippen molar-refractivity contribution in [2.75, 3.05) is 19.5 Å². The Bertz CT molecular complexity index is 491. The summed E-state index contributed by atoms with van der Waals surface area (Å²) in [5.74, 6) is 5.35. The molecule has 116 valence electrons. The van der Waals surface area contributed by atoms with Gasteiger partial charge < -0.3 is 5.11 Å². The van der Waals surface area contributed by atoms with E-state index < -0.39 is 26.3 Å². The van der Waals surface area contributed by atoms with Gasteiger partial charge >= 0.3 is 0 Å². The van der Waals surface area contributed by atoms with Crippen molar-refractivity contribution in [1.82, 2.24) is 0 Å². The molecule has 0 saturated carbocycles. The number of rotatable bonds is 2. The first-order valence-corrected chi connectivity index (χ1v) is 15.0. The number of aliphatic hydroxyl groups excluding tert-OH is 1. The summed E-state index contributed by atoms with van der Waals surface area (Å²) in [6.45, 7) is 12.7. The van der Waals surface area contributed by atoms with E-state index in [4.69, 9.17) is 5.11 Å². The Morgan fingerprint density at radius 2 is 1.35 bits per heavy atom. The van der Waals surface area contributed by atoms with Crippen molar-refractivity contribution in [3.8, 4) is 22.9 Å². The summed E-state index contributed by atoms with van der Waals surface area (Å²) in [7, 11) is -5.92. The summed E-state index contributed by atoms with van der Waals surface area (Å²) in [4.78, 5) is 0. The topological polar surface area (TPSA) is 63.6 Å². The van der Waals surface area contributed by atoms with Gasteiger partial charge in [0.25, 0.3) is 10.1 Å². The van der Waals surface area contributed by atoms with Crippen LogP contribution in [0.2, 0.25) is 39.3 Å². The molecule has 4 nitrogen and oxygen atoms in total. The summed E-state index contributed by atoms with van der Waals surface area (Å²) in [6.07, 6.45) is 1.02. The van der Waals surface area contributed by atoms with Crippen LogP contribution in [-0.2, 0) is 14.3 Å². The highest BCUT2D eigenvalue weighted by molar-refractivity contribution is 7.86. The number of hydrogen-bond acceptors (Lipinski definition) is 4. The quantitative estimate of drug-likeness (QED) is 0.474. The van der Waals surface area contributed by atoms with Gasteiger partial charge in [-0.25, -0.2) is 0 Å². The molecule has 0 bridgehead atoms. The van der Waals surface area contributed by atoms with E-state index in [0.29, 0.717) is 0 Å². The first-order valence-electron chi connectivity index (χ1n) is 6.22. The van der Waals surface area contributed by atoms with E-state index >= 15 is 0 Å². The summed E-state index contributed by atoms with van der Waals surface area (Å²) in [5.41, 5.74) is 6.00. The van der Waals surface area contributed by atoms with E-state index in [1.807, 2.05) is 0 Å². The fourth-order valence-electron chi connectivity index (χ4n) is 0.742. The molecule has 0 aliphatic carbocycles. The number of aliphatic hydroxyl groups is 1. The monoisotopic (exact) mass is 334 g/mol. The van der Waals surface area contributed by atoms with Gasteiger partial charge in [0, 0.05) is 0 Å². The molecular formula is C13H26O4SSi2. The molecule has 7 heteroatoms. The molecule has 0 aromatic carbocycles. The lowest BCUT2D eigenvalue weighted by Gasteiger charge is -2.03. The maximum absolute atomic E-state index is 10.5. The van der Waals surface area contributed by atoms with Gasteiger partial charge in [0.15, 0.2) is 0 Å². The van der Waals surface area contributed by atoms with Crippen molar-refractivity contribution in [3.63, 3.8) is 0 Å². The van der Waals surface area contributed by atoms with Crippen molar-refractivity contribution in [3.05, 3.63) is 0 Å². The number of hydrogen-bond donors (Lipinski definition) is 1. The zero-order valence-electron chi connectivity index (χ0n) is 13.5. The van der Waals surface area contributed by atoms with E-state index in [2.05, 4.69) is 66.4 Å². The van der Waals surface area contributed by atoms with E-state index in [1.54, 1.807) is 0 Å². The molecule has 20 heavy (non-hydrogen) atoms. The third-order valence-corrected chi connectivity index (χ3v) is 3.75. The molecule has 1 N–H and O–H groups in total. The molecule has 0 amide bonds. The summed E-state index contributed by atoms with van der Waals surface area (Å²) < 4.78 is 25.4. The van der Waals surface area contributed by atoms with Gasteiger partial charge in [0.05, 0.1) is 6.26 Å². The van der Waals surface area contributed by atoms with Crippen LogP contribution < -0.4 is 0 Å². The molecule has 0 aliphatic rings. The smallest absolute Gasteiger partial charge is 0.265 e. The molecule has 0 aromatic heterocycles. The molecule has 0 heterocycles. The lowest BCUT2D eigenvalue weighted by Crippen LogP contribution is -2.16. The Kier molecular flexibility index (Phi) is 10.2. The zero-order chi connectivity index (χ0) is 16.4. The van der Waals surface area contributed by atoms with Gasteiger partial charge in [-0.05, 0) is 0 Å². The summed E-state index contributed by atoms with van der Waals surface area (Å²) >= 11 is 0. The van der Waals surface area contributed by atoms with E-state index in [-0.39, 0.29) is 13.2 Å². The van der Waals surface area contributed by atoms with Crippen molar-refractivity contribution in [1.29, 1.82) is 0 Å². The van der Waals surface area contributed by atoms with E-state index in [1.165, 1.54) is 0 Å². The van der Waals surface area contributed by atoms with Crippen molar-refractivity contribution < 1.29 is 17.7 Å². The normalized spacial score (nSPS) is 11.2. The van der Waals surface area contributed by atoms with E-state index in [0.717, 1.165) is 6.26 Å². The minimum Gasteiger partial charge on any atom is -0.384 e. The lowest BCUT2D eigenvalue weighted by atomic mass is 10.8. The highest BCUT2D eigenvalue weighted by atomic mass is 32.2. The third kappa shape index (κ3) is 26.1. The summed E-state index contributed by atoms with van der Waals surface area (Å²) in [6, 6.07) is 0. The Morgan fingerprint density at radius 1 is 0.950 bits per heavy atom. The fraction of sp³-hybridized carbons (Fsp3) is 0.692. The predicted octanol–water partition coefficient (Wildman–Crippen LogP) is 1.70. The minimum absolute atomic E-state index is 0.00424. The SMILES string of the molecule is C[Si](C)(C)C#CCO.C[Si](C)(C)C#CCOS(C)(=O)=O. The maximum Gasteiger partial charge on any atom is 0.265 e. The summed E-state index contributed by atoms with van der Waals surface area (Å²) in [5, 5.41) is 8.28. The molecule has 0 aliphatic heterocycles. The Morgan fingerprint density at radius 3 is 1.60 bits per heavy atom. The highest BCUT2D eigenvalue weighted by Gasteiger charge is 2.07. The second-order valence-corrected chi connectivity index (χ2v) is 17.4. The molecular weight excluding hydrogens is 308 g/mol. The standard InChI is InChI=1S/C7H14O3SSi.C6H12OSi/c1-11(8,9)10-6-5-7-12(2,3)4;1-8(2,3)6-4-5-7/h6H2,1-4H3;7H,5H2,1-3H3. The fourth-order valence-corrected chi connectivity index (χ4v) is 2.23. The largest absolute Gasteiger partial charge is 0.384 e. The van der Waals surface area contributed by atoms with Crippen LogP contribution in [0.3, 0.4) is 0 Å². The van der Waals surface area contributed by atoms with Gasteiger partial charge in [0.1, 0.15) is 29.4 Å². The van der Waals surface area contributed by atoms with Crippen molar-refractivity contribution in [2.24, 2.45) is 0 Å². The lowest BCUT2D eigenvalue weighted by molar-refractivity contribution is 0.350. The predicted molar refractivity (Wildman–Crippen MR) is 90.1 cm³/mol. The van der Waals surface area contributed by atoms with Crippen molar-refractivity contribution >= 4 is 26.3 Å². The average Bonchev–Trinajstić information content (AvgIpc) is 2.19. The van der Waals surface area contributed by atoms with Crippen LogP contribution in [0, 0.1) is 22.9 Å². The molecule has 0 unspecified atom stereocenters. The molecule has 0 radical (unpaired) electrons. The molecule has 0 saturated heterocycles. The molecule has 0 fully saturated rings. The van der Waals surface area contributed by atoms with Crippen LogP contribution in [0.5, 0.6) is 0 Å². The molecule has 0 spiro atoms. The van der Waals surface area contributed by atoms with Crippen LogP contribution in [0.15, 0.2) is 0 Å². The third-order valence-electron chi connectivity index (χ3n) is 1.35. The van der Waals surface area contributed by atoms with Crippen LogP contribution >= 0.6 is 0 Å². The molecule has 0 rings (SSSR count).